The molecule has 1 atom stereocenters. The maximum atomic E-state index is 11.7. The van der Waals surface area contributed by atoms with E-state index in [2.05, 4.69) is 10.3 Å². The van der Waals surface area contributed by atoms with E-state index < -0.39 is 18.0 Å². The molecule has 1 unspecified atom stereocenters. The van der Waals surface area contributed by atoms with Crippen LogP contribution in [-0.4, -0.2) is 37.1 Å². The van der Waals surface area contributed by atoms with Gasteiger partial charge in [0.2, 0.25) is 0 Å². The van der Waals surface area contributed by atoms with E-state index in [0.29, 0.717) is 17.7 Å². The molecule has 0 fully saturated rings. The molecule has 0 radical (unpaired) electrons. The Morgan fingerprint density at radius 3 is 2.45 bits per heavy atom. The number of carboxylic acid groups (broad SMARTS) is 2. The summed E-state index contributed by atoms with van der Waals surface area (Å²) in [5.41, 5.74) is 0.677. The molecule has 0 aliphatic heterocycles. The third kappa shape index (κ3) is 3.13. The molecule has 22 heavy (non-hydrogen) atoms. The Labute approximate surface area is 127 Å². The summed E-state index contributed by atoms with van der Waals surface area (Å²) in [5.74, 6) is -2.31. The van der Waals surface area contributed by atoms with Crippen molar-refractivity contribution < 1.29 is 19.8 Å². The molecule has 0 aliphatic rings. The normalized spacial score (nSPS) is 12.0. The van der Waals surface area contributed by atoms with Gasteiger partial charge in [-0.2, -0.15) is 0 Å². The minimum absolute atomic E-state index is 0.185. The second kappa shape index (κ2) is 6.84. The Morgan fingerprint density at radius 1 is 1.23 bits per heavy atom. The largest absolute Gasteiger partial charge is 0.479 e. The van der Waals surface area contributed by atoms with Crippen molar-refractivity contribution in [2.45, 2.75) is 32.2 Å². The van der Waals surface area contributed by atoms with Crippen LogP contribution in [0.5, 0.6) is 0 Å². The Bertz CT molecular complexity index is 667. The smallest absolute Gasteiger partial charge is 0.358 e. The first-order valence-electron chi connectivity index (χ1n) is 7.01. The van der Waals surface area contributed by atoms with Crippen molar-refractivity contribution in [3.05, 3.63) is 47.3 Å². The van der Waals surface area contributed by atoms with E-state index in [-0.39, 0.29) is 5.69 Å². The van der Waals surface area contributed by atoms with Gasteiger partial charge in [0.15, 0.2) is 11.7 Å². The zero-order chi connectivity index (χ0) is 16.1. The highest BCUT2D eigenvalue weighted by Gasteiger charge is 2.29. The van der Waals surface area contributed by atoms with Crippen molar-refractivity contribution in [3.8, 4) is 0 Å². The second-order valence-corrected chi connectivity index (χ2v) is 4.89. The highest BCUT2D eigenvalue weighted by atomic mass is 16.4. The van der Waals surface area contributed by atoms with Gasteiger partial charge in [-0.3, -0.25) is 0 Å². The van der Waals surface area contributed by atoms with Crippen LogP contribution in [0.25, 0.3) is 0 Å². The zero-order valence-electron chi connectivity index (χ0n) is 12.1. The van der Waals surface area contributed by atoms with Crippen LogP contribution in [0.15, 0.2) is 30.3 Å². The topological polar surface area (TPSA) is 105 Å². The molecule has 0 saturated heterocycles. The van der Waals surface area contributed by atoms with Gasteiger partial charge in [0.05, 0.1) is 5.69 Å². The number of unbranched alkanes of at least 4 members (excludes halogenated alkanes) is 1. The van der Waals surface area contributed by atoms with Gasteiger partial charge in [0, 0.05) is 0 Å². The van der Waals surface area contributed by atoms with Gasteiger partial charge >= 0.3 is 11.9 Å². The fraction of sp³-hybridized carbons (Fsp3) is 0.333. The van der Waals surface area contributed by atoms with E-state index in [1.807, 2.05) is 6.92 Å². The molecule has 0 amide bonds. The van der Waals surface area contributed by atoms with Crippen LogP contribution in [0.2, 0.25) is 0 Å². The van der Waals surface area contributed by atoms with Gasteiger partial charge in [0.25, 0.3) is 0 Å². The van der Waals surface area contributed by atoms with E-state index in [0.717, 1.165) is 12.8 Å². The molecule has 1 heterocycles. The zero-order valence-corrected chi connectivity index (χ0v) is 12.1. The Hall–Kier alpha value is -2.70. The summed E-state index contributed by atoms with van der Waals surface area (Å²) < 4.78 is 1.21. The molecule has 2 aromatic rings. The van der Waals surface area contributed by atoms with Crippen LogP contribution in [-0.2, 0) is 11.2 Å². The first kappa shape index (κ1) is 15.7. The van der Waals surface area contributed by atoms with Crippen molar-refractivity contribution in [1.29, 1.82) is 0 Å². The quantitative estimate of drug-likeness (QED) is 0.810. The Kier molecular flexibility index (Phi) is 4.88. The lowest BCUT2D eigenvalue weighted by Crippen LogP contribution is -2.24. The van der Waals surface area contributed by atoms with E-state index in [4.69, 9.17) is 0 Å². The van der Waals surface area contributed by atoms with Crippen molar-refractivity contribution in [2.24, 2.45) is 0 Å². The van der Waals surface area contributed by atoms with Crippen LogP contribution in [0.1, 0.15) is 47.6 Å². The standard InChI is InChI=1S/C15H17N3O4/c1-2-3-9-11-12(14(19)20)16-17-18(11)13(15(21)22)10-7-5-4-6-8-10/h4-8,13H,2-3,9H2,1H3,(H,19,20)(H,21,22). The minimum Gasteiger partial charge on any atom is -0.479 e. The molecular formula is C15H17N3O4. The molecule has 0 spiro atoms. The van der Waals surface area contributed by atoms with Gasteiger partial charge in [-0.1, -0.05) is 48.9 Å². The van der Waals surface area contributed by atoms with Gasteiger partial charge in [-0.05, 0) is 18.4 Å². The molecule has 116 valence electrons. The van der Waals surface area contributed by atoms with Gasteiger partial charge in [0.1, 0.15) is 0 Å². The summed E-state index contributed by atoms with van der Waals surface area (Å²) in [5, 5.41) is 26.2. The number of benzene rings is 1. The van der Waals surface area contributed by atoms with E-state index in [1.165, 1.54) is 4.68 Å². The molecule has 7 nitrogen and oxygen atoms in total. The molecule has 2 N–H and O–H groups in total. The van der Waals surface area contributed by atoms with Crippen LogP contribution in [0, 0.1) is 0 Å². The molecule has 1 aromatic heterocycles. The SMILES string of the molecule is CCCCc1c(C(=O)O)nnn1C(C(=O)O)c1ccccc1. The second-order valence-electron chi connectivity index (χ2n) is 4.89. The number of hydrogen-bond donors (Lipinski definition) is 2. The van der Waals surface area contributed by atoms with E-state index in [9.17, 15) is 19.8 Å². The van der Waals surface area contributed by atoms with Crippen LogP contribution in [0.3, 0.4) is 0 Å². The maximum Gasteiger partial charge on any atom is 0.358 e. The van der Waals surface area contributed by atoms with Crippen molar-refractivity contribution in [3.63, 3.8) is 0 Å². The predicted octanol–water partition coefficient (Wildman–Crippen LogP) is 1.99. The molecule has 0 saturated carbocycles. The Morgan fingerprint density at radius 2 is 1.91 bits per heavy atom. The van der Waals surface area contributed by atoms with Gasteiger partial charge < -0.3 is 10.2 Å². The highest BCUT2D eigenvalue weighted by molar-refractivity contribution is 5.86. The summed E-state index contributed by atoms with van der Waals surface area (Å²) in [6.45, 7) is 1.97. The van der Waals surface area contributed by atoms with Gasteiger partial charge in [-0.25, -0.2) is 14.3 Å². The number of hydrogen-bond acceptors (Lipinski definition) is 4. The molecular weight excluding hydrogens is 286 g/mol. The number of carbonyl (C=O) groups is 2. The lowest BCUT2D eigenvalue weighted by molar-refractivity contribution is -0.139. The average Bonchev–Trinajstić information content (AvgIpc) is 2.90. The fourth-order valence-corrected chi connectivity index (χ4v) is 2.29. The third-order valence-corrected chi connectivity index (χ3v) is 3.35. The van der Waals surface area contributed by atoms with Crippen LogP contribution >= 0.6 is 0 Å². The number of carboxylic acids is 2. The van der Waals surface area contributed by atoms with E-state index in [1.54, 1.807) is 30.3 Å². The molecule has 0 bridgehead atoms. The van der Waals surface area contributed by atoms with Crippen molar-refractivity contribution >= 4 is 11.9 Å². The molecule has 7 heteroatoms. The van der Waals surface area contributed by atoms with Crippen molar-refractivity contribution in [2.75, 3.05) is 0 Å². The number of nitrogens with zero attached hydrogens (tertiary/aromatic N) is 3. The summed E-state index contributed by atoms with van der Waals surface area (Å²) in [7, 11) is 0. The first-order valence-corrected chi connectivity index (χ1v) is 7.01. The fourth-order valence-electron chi connectivity index (χ4n) is 2.29. The number of aromatic nitrogens is 3. The van der Waals surface area contributed by atoms with Crippen molar-refractivity contribution in [1.82, 2.24) is 15.0 Å². The summed E-state index contributed by atoms with van der Waals surface area (Å²) >= 11 is 0. The number of rotatable bonds is 7. The predicted molar refractivity (Wildman–Crippen MR) is 77.8 cm³/mol. The molecule has 1 aromatic carbocycles. The summed E-state index contributed by atoms with van der Waals surface area (Å²) in [6.07, 6.45) is 2.00. The lowest BCUT2D eigenvalue weighted by atomic mass is 10.1. The summed E-state index contributed by atoms with van der Waals surface area (Å²) in [4.78, 5) is 22.9. The molecule has 0 aliphatic carbocycles. The highest BCUT2D eigenvalue weighted by Crippen LogP contribution is 2.22. The minimum atomic E-state index is -1.20. The van der Waals surface area contributed by atoms with Crippen LogP contribution in [0.4, 0.5) is 0 Å². The maximum absolute atomic E-state index is 11.7. The monoisotopic (exact) mass is 303 g/mol. The van der Waals surface area contributed by atoms with Gasteiger partial charge in [-0.15, -0.1) is 5.10 Å². The number of aliphatic carboxylic acids is 1. The van der Waals surface area contributed by atoms with Crippen LogP contribution < -0.4 is 0 Å². The van der Waals surface area contributed by atoms with E-state index >= 15 is 0 Å². The molecule has 2 rings (SSSR count). The lowest BCUT2D eigenvalue weighted by Gasteiger charge is -2.15. The first-order chi connectivity index (χ1) is 10.6. The average molecular weight is 303 g/mol. The third-order valence-electron chi connectivity index (χ3n) is 3.35. The number of aromatic carboxylic acids is 1. The Balaban J connectivity index is 2.52. The summed E-state index contributed by atoms with van der Waals surface area (Å²) in [6, 6.07) is 7.49.